The summed E-state index contributed by atoms with van der Waals surface area (Å²) < 4.78 is 16.6. The van der Waals surface area contributed by atoms with E-state index in [1.165, 1.54) is 4.90 Å². The van der Waals surface area contributed by atoms with Crippen molar-refractivity contribution >= 4 is 35.9 Å². The Balaban J connectivity index is 1.30. The summed E-state index contributed by atoms with van der Waals surface area (Å²) in [6.45, 7) is 5.75. The molecule has 13 heteroatoms. The van der Waals surface area contributed by atoms with E-state index < -0.39 is 0 Å². The fraction of sp³-hybridized carbons (Fsp3) is 0.857. The summed E-state index contributed by atoms with van der Waals surface area (Å²) in [4.78, 5) is 47.7. The number of fused-ring (bicyclic) bond motifs is 1. The van der Waals surface area contributed by atoms with Crippen molar-refractivity contribution in [2.24, 2.45) is 0 Å². The van der Waals surface area contributed by atoms with Crippen LogP contribution in [0.15, 0.2) is 0 Å². The van der Waals surface area contributed by atoms with Gasteiger partial charge in [-0.1, -0.05) is 6.42 Å². The van der Waals surface area contributed by atoms with Gasteiger partial charge in [-0.05, 0) is 45.1 Å². The van der Waals surface area contributed by atoms with Gasteiger partial charge >= 0.3 is 6.03 Å². The molecule has 2 rings (SSSR count). The second-order valence-electron chi connectivity index (χ2n) is 10.4. The molecule has 0 aliphatic carbocycles. The molecule has 41 heavy (non-hydrogen) atoms. The lowest BCUT2D eigenvalue weighted by molar-refractivity contribution is -0.134. The Bertz CT molecular complexity index is 763. The van der Waals surface area contributed by atoms with Gasteiger partial charge in [0.2, 0.25) is 11.8 Å². The van der Waals surface area contributed by atoms with E-state index in [1.54, 1.807) is 7.05 Å². The van der Waals surface area contributed by atoms with Gasteiger partial charge in [0.05, 0.1) is 45.1 Å². The van der Waals surface area contributed by atoms with Gasteiger partial charge in [0.1, 0.15) is 6.29 Å². The van der Waals surface area contributed by atoms with E-state index in [4.69, 9.17) is 14.2 Å². The number of likely N-dealkylation sites (N-methyl/N-ethyl adjacent to an activating group) is 1. The van der Waals surface area contributed by atoms with Gasteiger partial charge in [0.15, 0.2) is 0 Å². The summed E-state index contributed by atoms with van der Waals surface area (Å²) in [6.07, 6.45) is 8.24. The van der Waals surface area contributed by atoms with E-state index >= 15 is 0 Å². The summed E-state index contributed by atoms with van der Waals surface area (Å²) in [6, 6.07) is 0.346. The van der Waals surface area contributed by atoms with Gasteiger partial charge in [0, 0.05) is 57.2 Å². The third kappa shape index (κ3) is 16.3. The van der Waals surface area contributed by atoms with Gasteiger partial charge in [-0.15, -0.1) is 0 Å². The first kappa shape index (κ1) is 35.3. The van der Waals surface area contributed by atoms with Crippen LogP contribution in [0.2, 0.25) is 0 Å². The summed E-state index contributed by atoms with van der Waals surface area (Å²) in [5.41, 5.74) is 0. The van der Waals surface area contributed by atoms with Gasteiger partial charge in [-0.3, -0.25) is 9.59 Å². The monoisotopic (exact) mass is 601 g/mol. The molecule has 0 aromatic carbocycles. The van der Waals surface area contributed by atoms with Crippen molar-refractivity contribution in [3.8, 4) is 0 Å². The molecule has 2 heterocycles. The van der Waals surface area contributed by atoms with E-state index in [-0.39, 0.29) is 36.5 Å². The Hall–Kier alpha value is -1.93. The first-order chi connectivity index (χ1) is 20.0. The molecule has 0 bridgehead atoms. The van der Waals surface area contributed by atoms with E-state index in [1.807, 2.05) is 11.8 Å². The van der Waals surface area contributed by atoms with Gasteiger partial charge in [-0.25, -0.2) is 4.79 Å². The molecule has 2 aliphatic heterocycles. The van der Waals surface area contributed by atoms with Crippen molar-refractivity contribution in [3.63, 3.8) is 0 Å². The maximum Gasteiger partial charge on any atom is 0.315 e. The Morgan fingerprint density at radius 3 is 2.32 bits per heavy atom. The molecule has 0 radical (unpaired) electrons. The lowest BCUT2D eigenvalue weighted by Crippen LogP contribution is -2.38. The van der Waals surface area contributed by atoms with Crippen LogP contribution in [0.3, 0.4) is 0 Å². The second-order valence-corrected chi connectivity index (χ2v) is 11.7. The minimum Gasteiger partial charge on any atom is -0.379 e. The Morgan fingerprint density at radius 2 is 1.61 bits per heavy atom. The molecular weight excluding hydrogens is 550 g/mol. The van der Waals surface area contributed by atoms with Crippen LogP contribution in [0.5, 0.6) is 0 Å². The number of aldehydes is 1. The molecule has 4 N–H and O–H groups in total. The van der Waals surface area contributed by atoms with E-state index in [9.17, 15) is 19.2 Å². The van der Waals surface area contributed by atoms with Crippen LogP contribution >= 0.6 is 11.8 Å². The van der Waals surface area contributed by atoms with Crippen LogP contribution in [0.25, 0.3) is 0 Å². The highest BCUT2D eigenvalue weighted by atomic mass is 32.2. The van der Waals surface area contributed by atoms with Crippen molar-refractivity contribution in [1.29, 1.82) is 0 Å². The number of carbonyl (C=O) groups excluding carboxylic acids is 4. The second kappa shape index (κ2) is 22.6. The average molecular weight is 602 g/mol. The standard InChI is InChI=1S/C28H51N5O7S/c1-33(26(36)10-3-2-9-24-27-23(22-41-24)31-28(37)32-27)21-25(35)30-13-5-7-16-39-18-20-40-19-17-38-15-6-4-11-29-12-8-14-34/h14,23-24,27,29H,2-13,15-22H2,1H3,(H,30,35)(H2,31,32,37)/t23-,24-,27-/m0/s1. The molecule has 0 aromatic rings. The molecule has 2 saturated heterocycles. The summed E-state index contributed by atoms with van der Waals surface area (Å²) in [5, 5.41) is 12.4. The summed E-state index contributed by atoms with van der Waals surface area (Å²) in [5.74, 6) is 0.767. The summed E-state index contributed by atoms with van der Waals surface area (Å²) in [7, 11) is 1.67. The Morgan fingerprint density at radius 1 is 0.927 bits per heavy atom. The first-order valence-electron chi connectivity index (χ1n) is 15.1. The third-order valence-electron chi connectivity index (χ3n) is 6.99. The minimum absolute atomic E-state index is 0.0220. The predicted molar refractivity (Wildman–Crippen MR) is 159 cm³/mol. The maximum atomic E-state index is 12.4. The lowest BCUT2D eigenvalue weighted by Gasteiger charge is -2.18. The highest BCUT2D eigenvalue weighted by Gasteiger charge is 2.42. The molecule has 0 saturated carbocycles. The molecule has 3 atom stereocenters. The number of thioether (sulfide) groups is 1. The van der Waals surface area contributed by atoms with Gasteiger partial charge in [-0.2, -0.15) is 11.8 Å². The van der Waals surface area contributed by atoms with Gasteiger partial charge < -0.3 is 45.2 Å². The molecule has 236 valence electrons. The van der Waals surface area contributed by atoms with E-state index in [0.29, 0.717) is 64.3 Å². The Kier molecular flexibility index (Phi) is 19.5. The number of carbonyl (C=O) groups is 4. The van der Waals surface area contributed by atoms with Gasteiger partial charge in [0.25, 0.3) is 0 Å². The smallest absolute Gasteiger partial charge is 0.315 e. The van der Waals surface area contributed by atoms with Crippen LogP contribution in [0, 0.1) is 0 Å². The van der Waals surface area contributed by atoms with Crippen LogP contribution in [-0.4, -0.2) is 125 Å². The van der Waals surface area contributed by atoms with E-state index in [2.05, 4.69) is 21.3 Å². The largest absolute Gasteiger partial charge is 0.379 e. The van der Waals surface area contributed by atoms with Crippen LogP contribution in [0.1, 0.15) is 57.8 Å². The van der Waals surface area contributed by atoms with E-state index in [0.717, 1.165) is 70.1 Å². The fourth-order valence-corrected chi connectivity index (χ4v) is 6.20. The van der Waals surface area contributed by atoms with Crippen molar-refractivity contribution in [2.45, 2.75) is 75.1 Å². The van der Waals surface area contributed by atoms with Crippen molar-refractivity contribution < 1.29 is 33.4 Å². The molecule has 4 amide bonds. The first-order valence-corrected chi connectivity index (χ1v) is 16.1. The van der Waals surface area contributed by atoms with Crippen LogP contribution in [0.4, 0.5) is 4.79 Å². The number of amides is 4. The van der Waals surface area contributed by atoms with Crippen molar-refractivity contribution in [2.75, 3.05) is 78.6 Å². The number of hydrogen-bond donors (Lipinski definition) is 4. The summed E-state index contributed by atoms with van der Waals surface area (Å²) >= 11 is 1.88. The normalized spacial score (nSPS) is 19.4. The number of nitrogens with zero attached hydrogens (tertiary/aromatic N) is 1. The quantitative estimate of drug-likeness (QED) is 0.0650. The molecular formula is C28H51N5O7S. The molecule has 0 aromatic heterocycles. The number of nitrogens with one attached hydrogen (secondary N) is 4. The molecule has 12 nitrogen and oxygen atoms in total. The predicted octanol–water partition coefficient (Wildman–Crippen LogP) is 1.08. The molecule has 0 unspecified atom stereocenters. The number of rotatable bonds is 26. The molecule has 0 spiro atoms. The number of unbranched alkanes of at least 4 members (excludes halogenated alkanes) is 3. The molecule has 2 fully saturated rings. The zero-order chi connectivity index (χ0) is 29.5. The fourth-order valence-electron chi connectivity index (χ4n) is 4.65. The van der Waals surface area contributed by atoms with Crippen molar-refractivity contribution in [1.82, 2.24) is 26.2 Å². The Labute approximate surface area is 249 Å². The highest BCUT2D eigenvalue weighted by Crippen LogP contribution is 2.33. The third-order valence-corrected chi connectivity index (χ3v) is 8.50. The minimum atomic E-state index is -0.151. The number of ether oxygens (including phenoxy) is 3. The lowest BCUT2D eigenvalue weighted by atomic mass is 10.0. The highest BCUT2D eigenvalue weighted by molar-refractivity contribution is 8.00. The van der Waals surface area contributed by atoms with Crippen LogP contribution in [-0.2, 0) is 28.6 Å². The zero-order valence-corrected chi connectivity index (χ0v) is 25.5. The zero-order valence-electron chi connectivity index (χ0n) is 24.7. The topological polar surface area (TPSA) is 147 Å². The van der Waals surface area contributed by atoms with Crippen molar-refractivity contribution in [3.05, 3.63) is 0 Å². The average Bonchev–Trinajstić information content (AvgIpc) is 3.51. The number of hydrogen-bond acceptors (Lipinski definition) is 9. The molecule has 2 aliphatic rings. The SMILES string of the molecule is CN(CC(=O)NCCCCOCCOCCOCCCCNCCC=O)C(=O)CCCC[C@@H]1SC[C@@H]2NC(=O)N[C@@H]21. The maximum absolute atomic E-state index is 12.4. The number of urea groups is 1. The van der Waals surface area contributed by atoms with Crippen LogP contribution < -0.4 is 21.3 Å².